The van der Waals surface area contributed by atoms with E-state index in [1.54, 1.807) is 23.5 Å². The van der Waals surface area contributed by atoms with E-state index in [9.17, 15) is 4.39 Å². The van der Waals surface area contributed by atoms with Gasteiger partial charge in [0.1, 0.15) is 5.82 Å². The van der Waals surface area contributed by atoms with Gasteiger partial charge in [-0.2, -0.15) is 0 Å². The Morgan fingerprint density at radius 2 is 2.18 bits per heavy atom. The lowest BCUT2D eigenvalue weighted by molar-refractivity contribution is 0.628. The Morgan fingerprint density at radius 1 is 1.41 bits per heavy atom. The van der Waals surface area contributed by atoms with Gasteiger partial charge in [-0.15, -0.1) is 11.3 Å². The maximum Gasteiger partial charge on any atom is 0.147 e. The van der Waals surface area contributed by atoms with Gasteiger partial charge in [-0.25, -0.2) is 4.39 Å². The second-order valence-corrected chi connectivity index (χ2v) is 5.86. The number of rotatable bonds is 3. The van der Waals surface area contributed by atoms with Gasteiger partial charge in [0, 0.05) is 14.4 Å². The molecule has 0 spiro atoms. The lowest BCUT2D eigenvalue weighted by Crippen LogP contribution is -2.06. The monoisotopic (exact) mass is 333 g/mol. The Hall–Kier alpha value is -0.580. The van der Waals surface area contributed by atoms with Crippen molar-refractivity contribution in [3.8, 4) is 0 Å². The molecule has 17 heavy (non-hydrogen) atoms. The summed E-state index contributed by atoms with van der Waals surface area (Å²) in [4.78, 5) is 1.14. The minimum absolute atomic E-state index is 0.0417. The summed E-state index contributed by atoms with van der Waals surface area (Å²) in [6.45, 7) is 1.99. The predicted octanol–water partition coefficient (Wildman–Crippen LogP) is 5.48. The van der Waals surface area contributed by atoms with Crippen LogP contribution in [0, 0.1) is 5.82 Å². The third-order valence-corrected chi connectivity index (χ3v) is 4.63. The molecule has 0 fully saturated rings. The van der Waals surface area contributed by atoms with Gasteiger partial charge in [0.25, 0.3) is 0 Å². The Labute approximate surface area is 117 Å². The molecule has 0 radical (unpaired) electrons. The molecule has 0 amide bonds. The molecule has 1 heterocycles. The van der Waals surface area contributed by atoms with E-state index in [-0.39, 0.29) is 11.9 Å². The summed E-state index contributed by atoms with van der Waals surface area (Å²) in [5, 5.41) is 5.52. The van der Waals surface area contributed by atoms with Crippen molar-refractivity contribution in [3.05, 3.63) is 49.8 Å². The van der Waals surface area contributed by atoms with E-state index in [2.05, 4.69) is 21.2 Å². The average molecular weight is 335 g/mol. The Morgan fingerprint density at radius 3 is 2.76 bits per heavy atom. The van der Waals surface area contributed by atoms with E-state index in [1.165, 1.54) is 6.07 Å². The van der Waals surface area contributed by atoms with Crippen molar-refractivity contribution in [2.24, 2.45) is 0 Å². The molecule has 1 unspecified atom stereocenters. The Kier molecular flexibility index (Phi) is 4.07. The average Bonchev–Trinajstić information content (AvgIpc) is 2.68. The number of halogens is 3. The first-order chi connectivity index (χ1) is 8.08. The van der Waals surface area contributed by atoms with Crippen molar-refractivity contribution in [2.45, 2.75) is 13.0 Å². The first-order valence-electron chi connectivity index (χ1n) is 5.02. The van der Waals surface area contributed by atoms with Crippen molar-refractivity contribution >= 4 is 44.6 Å². The second kappa shape index (κ2) is 5.38. The molecule has 5 heteroatoms. The molecule has 0 saturated carbocycles. The highest BCUT2D eigenvalue weighted by atomic mass is 79.9. The summed E-state index contributed by atoms with van der Waals surface area (Å²) in [6, 6.07) is 6.65. The third-order valence-electron chi connectivity index (χ3n) is 2.34. The first kappa shape index (κ1) is 12.9. The Bertz CT molecular complexity index is 529. The normalized spacial score (nSPS) is 12.5. The molecule has 1 nitrogen and oxygen atoms in total. The number of anilines is 1. The first-order valence-corrected chi connectivity index (χ1v) is 7.07. The summed E-state index contributed by atoms with van der Waals surface area (Å²) in [5.41, 5.74) is 0.460. The SMILES string of the molecule is CC(Nc1ccc(Cl)cc1F)c1sccc1Br. The van der Waals surface area contributed by atoms with Crippen LogP contribution in [-0.2, 0) is 0 Å². The highest BCUT2D eigenvalue weighted by Crippen LogP contribution is 2.32. The quantitative estimate of drug-likeness (QED) is 0.784. The largest absolute Gasteiger partial charge is 0.375 e. The zero-order valence-electron chi connectivity index (χ0n) is 9.01. The van der Waals surface area contributed by atoms with Crippen LogP contribution in [0.25, 0.3) is 0 Å². The van der Waals surface area contributed by atoms with Crippen LogP contribution < -0.4 is 5.32 Å². The smallest absolute Gasteiger partial charge is 0.147 e. The van der Waals surface area contributed by atoms with Gasteiger partial charge in [-0.1, -0.05) is 11.6 Å². The Balaban J connectivity index is 2.19. The summed E-state index contributed by atoms with van der Waals surface area (Å²) in [5.74, 6) is -0.336. The van der Waals surface area contributed by atoms with Gasteiger partial charge in [-0.05, 0) is 52.5 Å². The van der Waals surface area contributed by atoms with Gasteiger partial charge in [0.15, 0.2) is 0 Å². The summed E-state index contributed by atoms with van der Waals surface area (Å²) in [6.07, 6.45) is 0. The summed E-state index contributed by atoms with van der Waals surface area (Å²) < 4.78 is 14.6. The topological polar surface area (TPSA) is 12.0 Å². The molecular weight excluding hydrogens is 325 g/mol. The van der Waals surface area contributed by atoms with Crippen LogP contribution in [0.5, 0.6) is 0 Å². The van der Waals surface area contributed by atoms with Crippen LogP contribution in [0.3, 0.4) is 0 Å². The molecule has 1 N–H and O–H groups in total. The number of hydrogen-bond donors (Lipinski definition) is 1. The van der Waals surface area contributed by atoms with Gasteiger partial charge in [-0.3, -0.25) is 0 Å². The third kappa shape index (κ3) is 3.00. The number of nitrogens with one attached hydrogen (secondary N) is 1. The maximum absolute atomic E-state index is 13.6. The molecule has 0 bridgehead atoms. The lowest BCUT2D eigenvalue weighted by atomic mass is 10.2. The highest BCUT2D eigenvalue weighted by molar-refractivity contribution is 9.10. The minimum Gasteiger partial charge on any atom is -0.375 e. The lowest BCUT2D eigenvalue weighted by Gasteiger charge is -2.15. The van der Waals surface area contributed by atoms with Crippen molar-refractivity contribution in [1.82, 2.24) is 0 Å². The molecule has 0 aliphatic carbocycles. The van der Waals surface area contributed by atoms with Crippen molar-refractivity contribution in [3.63, 3.8) is 0 Å². The van der Waals surface area contributed by atoms with Crippen molar-refractivity contribution < 1.29 is 4.39 Å². The number of benzene rings is 1. The molecule has 0 aliphatic rings. The van der Waals surface area contributed by atoms with E-state index in [0.717, 1.165) is 9.35 Å². The van der Waals surface area contributed by atoms with Gasteiger partial charge in [0.2, 0.25) is 0 Å². The molecular formula is C12H10BrClFNS. The molecule has 1 aromatic heterocycles. The maximum atomic E-state index is 13.6. The molecule has 1 atom stereocenters. The molecule has 2 rings (SSSR count). The van der Waals surface area contributed by atoms with E-state index in [1.807, 2.05) is 18.4 Å². The molecule has 0 saturated heterocycles. The predicted molar refractivity (Wildman–Crippen MR) is 75.5 cm³/mol. The van der Waals surface area contributed by atoms with Crippen LogP contribution >= 0.6 is 38.9 Å². The molecule has 0 aliphatic heterocycles. The van der Waals surface area contributed by atoms with Gasteiger partial charge >= 0.3 is 0 Å². The van der Waals surface area contributed by atoms with E-state index in [4.69, 9.17) is 11.6 Å². The molecule has 2 aromatic rings. The molecule has 1 aromatic carbocycles. The van der Waals surface area contributed by atoms with E-state index in [0.29, 0.717) is 10.7 Å². The van der Waals surface area contributed by atoms with Crippen LogP contribution in [0.4, 0.5) is 10.1 Å². The zero-order chi connectivity index (χ0) is 12.4. The number of thiophene rings is 1. The zero-order valence-corrected chi connectivity index (χ0v) is 12.2. The summed E-state index contributed by atoms with van der Waals surface area (Å²) in [7, 11) is 0. The number of hydrogen-bond acceptors (Lipinski definition) is 2. The van der Waals surface area contributed by atoms with Crippen LogP contribution in [0.15, 0.2) is 34.1 Å². The fraction of sp³-hybridized carbons (Fsp3) is 0.167. The van der Waals surface area contributed by atoms with Crippen LogP contribution in [0.2, 0.25) is 5.02 Å². The fourth-order valence-corrected chi connectivity index (χ4v) is 3.40. The van der Waals surface area contributed by atoms with E-state index >= 15 is 0 Å². The van der Waals surface area contributed by atoms with Crippen molar-refractivity contribution in [2.75, 3.05) is 5.32 Å². The highest BCUT2D eigenvalue weighted by Gasteiger charge is 2.12. The second-order valence-electron chi connectivity index (χ2n) is 3.62. The molecule has 90 valence electrons. The summed E-state index contributed by atoms with van der Waals surface area (Å²) >= 11 is 10.8. The van der Waals surface area contributed by atoms with Gasteiger partial charge in [0.05, 0.1) is 11.7 Å². The van der Waals surface area contributed by atoms with Crippen molar-refractivity contribution in [1.29, 1.82) is 0 Å². The van der Waals surface area contributed by atoms with Crippen LogP contribution in [-0.4, -0.2) is 0 Å². The van der Waals surface area contributed by atoms with Gasteiger partial charge < -0.3 is 5.32 Å². The standard InChI is InChI=1S/C12H10BrClFNS/c1-7(12-9(13)4-5-17-12)16-11-3-2-8(14)6-10(11)15/h2-7,16H,1H3. The van der Waals surface area contributed by atoms with E-state index < -0.39 is 0 Å². The minimum atomic E-state index is -0.336. The fourth-order valence-electron chi connectivity index (χ4n) is 1.52. The van der Waals surface area contributed by atoms with Crippen LogP contribution in [0.1, 0.15) is 17.8 Å².